The van der Waals surface area contributed by atoms with Crippen molar-refractivity contribution < 1.29 is 14.6 Å². The molecule has 1 rings (SSSR count). The van der Waals surface area contributed by atoms with Crippen molar-refractivity contribution in [2.45, 2.75) is 6.92 Å². The van der Waals surface area contributed by atoms with E-state index in [-0.39, 0.29) is 11.1 Å². The van der Waals surface area contributed by atoms with Crippen molar-refractivity contribution in [1.29, 1.82) is 5.26 Å². The molecule has 0 amide bonds. The molecule has 0 atom stereocenters. The summed E-state index contributed by atoms with van der Waals surface area (Å²) in [7, 11) is 1.48. The van der Waals surface area contributed by atoms with Crippen molar-refractivity contribution in [3.05, 3.63) is 28.8 Å². The quantitative estimate of drug-likeness (QED) is 0.770. The van der Waals surface area contributed by atoms with E-state index in [1.54, 1.807) is 13.0 Å². The van der Waals surface area contributed by atoms with Crippen LogP contribution in [0.15, 0.2) is 12.1 Å². The minimum absolute atomic E-state index is 0.00537. The largest absolute Gasteiger partial charge is 0.496 e. The number of hydrogen-bond donors (Lipinski definition) is 1. The molecule has 0 spiro atoms. The fraction of sp³-hybridized carbons (Fsp3) is 0.200. The maximum Gasteiger partial charge on any atom is 0.337 e. The molecule has 0 bridgehead atoms. The molecule has 0 aliphatic rings. The molecule has 4 nitrogen and oxygen atoms in total. The molecular formula is C10H9NO3. The zero-order valence-corrected chi connectivity index (χ0v) is 7.87. The number of carbonyl (C=O) groups is 1. The van der Waals surface area contributed by atoms with Gasteiger partial charge in [0.2, 0.25) is 0 Å². The second-order valence-electron chi connectivity index (χ2n) is 2.73. The van der Waals surface area contributed by atoms with E-state index >= 15 is 0 Å². The Morgan fingerprint density at radius 2 is 2.21 bits per heavy atom. The van der Waals surface area contributed by atoms with Gasteiger partial charge in [-0.2, -0.15) is 5.26 Å². The van der Waals surface area contributed by atoms with Crippen LogP contribution in [0.2, 0.25) is 0 Å². The summed E-state index contributed by atoms with van der Waals surface area (Å²) in [6, 6.07) is 4.77. The lowest BCUT2D eigenvalue weighted by Gasteiger charge is -2.07. The molecule has 0 fully saturated rings. The smallest absolute Gasteiger partial charge is 0.337 e. The van der Waals surface area contributed by atoms with Gasteiger partial charge in [0.1, 0.15) is 11.8 Å². The number of nitriles is 1. The number of methoxy groups -OCH3 is 1. The fourth-order valence-electron chi connectivity index (χ4n) is 1.24. The lowest BCUT2D eigenvalue weighted by molar-refractivity contribution is 0.0696. The highest BCUT2D eigenvalue weighted by Crippen LogP contribution is 2.23. The lowest BCUT2D eigenvalue weighted by Crippen LogP contribution is -2.03. The van der Waals surface area contributed by atoms with Crippen LogP contribution in [0.4, 0.5) is 0 Å². The number of benzene rings is 1. The van der Waals surface area contributed by atoms with Crippen LogP contribution in [0.3, 0.4) is 0 Å². The van der Waals surface area contributed by atoms with Gasteiger partial charge < -0.3 is 9.84 Å². The van der Waals surface area contributed by atoms with Crippen LogP contribution in [0.5, 0.6) is 5.75 Å². The fourth-order valence-corrected chi connectivity index (χ4v) is 1.24. The van der Waals surface area contributed by atoms with E-state index in [9.17, 15) is 4.79 Å². The van der Waals surface area contributed by atoms with Crippen molar-refractivity contribution in [1.82, 2.24) is 0 Å². The van der Waals surface area contributed by atoms with Gasteiger partial charge in [0.15, 0.2) is 0 Å². The normalized spacial score (nSPS) is 9.21. The molecule has 4 heteroatoms. The predicted molar refractivity (Wildman–Crippen MR) is 49.4 cm³/mol. The summed E-state index contributed by atoms with van der Waals surface area (Å²) in [5.41, 5.74) is 0.706. The molecule has 1 aromatic rings. The van der Waals surface area contributed by atoms with Gasteiger partial charge in [-0.15, -0.1) is 0 Å². The maximum absolute atomic E-state index is 10.7. The van der Waals surface area contributed by atoms with Crippen LogP contribution in [0, 0.1) is 18.3 Å². The summed E-state index contributed by atoms with van der Waals surface area (Å²) >= 11 is 0. The molecule has 0 aliphatic heterocycles. The molecule has 0 aromatic heterocycles. The average Bonchev–Trinajstić information content (AvgIpc) is 2.17. The number of nitrogens with zero attached hydrogens (tertiary/aromatic N) is 1. The Hall–Kier alpha value is -2.02. The van der Waals surface area contributed by atoms with E-state index in [1.807, 2.05) is 6.07 Å². The van der Waals surface area contributed by atoms with Crippen LogP contribution in [-0.2, 0) is 0 Å². The monoisotopic (exact) mass is 191 g/mol. The van der Waals surface area contributed by atoms with Crippen LogP contribution < -0.4 is 4.74 Å². The van der Waals surface area contributed by atoms with Gasteiger partial charge in [0, 0.05) is 5.56 Å². The molecule has 0 aliphatic carbocycles. The van der Waals surface area contributed by atoms with Gasteiger partial charge in [-0.05, 0) is 19.1 Å². The van der Waals surface area contributed by atoms with E-state index < -0.39 is 5.97 Å². The minimum atomic E-state index is -1.10. The summed E-state index contributed by atoms with van der Waals surface area (Å²) in [6.45, 7) is 1.66. The van der Waals surface area contributed by atoms with Gasteiger partial charge in [-0.1, -0.05) is 0 Å². The van der Waals surface area contributed by atoms with Crippen molar-refractivity contribution in [3.8, 4) is 11.8 Å². The van der Waals surface area contributed by atoms with Gasteiger partial charge >= 0.3 is 5.97 Å². The highest BCUT2D eigenvalue weighted by Gasteiger charge is 2.14. The zero-order valence-electron chi connectivity index (χ0n) is 7.87. The molecular weight excluding hydrogens is 182 g/mol. The number of ether oxygens (including phenoxy) is 1. The average molecular weight is 191 g/mol. The molecule has 0 heterocycles. The maximum atomic E-state index is 10.7. The second-order valence-corrected chi connectivity index (χ2v) is 2.73. The Balaban J connectivity index is 3.45. The van der Waals surface area contributed by atoms with Crippen molar-refractivity contribution in [3.63, 3.8) is 0 Å². The van der Waals surface area contributed by atoms with Gasteiger partial charge in [-0.3, -0.25) is 0 Å². The van der Waals surface area contributed by atoms with Crippen LogP contribution in [0.1, 0.15) is 21.5 Å². The summed E-state index contributed by atoms with van der Waals surface area (Å²) in [4.78, 5) is 10.7. The first-order valence-corrected chi connectivity index (χ1v) is 3.92. The number of hydrogen-bond acceptors (Lipinski definition) is 3. The summed E-state index contributed by atoms with van der Waals surface area (Å²) < 4.78 is 4.98. The summed E-state index contributed by atoms with van der Waals surface area (Å²) in [6.07, 6.45) is 0. The molecule has 1 aromatic carbocycles. The second kappa shape index (κ2) is 3.79. The molecule has 72 valence electrons. The lowest BCUT2D eigenvalue weighted by atomic mass is 10.0. The first-order chi connectivity index (χ1) is 6.61. The number of carboxylic acids is 1. The topological polar surface area (TPSA) is 70.3 Å². The molecule has 14 heavy (non-hydrogen) atoms. The SMILES string of the molecule is COc1ccc(C(=O)O)c(C#N)c1C. The number of carboxylic acid groups (broad SMARTS) is 1. The molecule has 0 radical (unpaired) electrons. The standard InChI is InChI=1S/C10H9NO3/c1-6-8(5-11)7(10(12)13)3-4-9(6)14-2/h3-4H,1-2H3,(H,12,13). The zero-order chi connectivity index (χ0) is 10.7. The van der Waals surface area contributed by atoms with E-state index in [1.165, 1.54) is 13.2 Å². The highest BCUT2D eigenvalue weighted by molar-refractivity contribution is 5.91. The Kier molecular flexibility index (Phi) is 2.73. The third kappa shape index (κ3) is 1.52. The Morgan fingerprint density at radius 1 is 1.57 bits per heavy atom. The summed E-state index contributed by atoms with van der Waals surface area (Å²) in [5, 5.41) is 17.6. The third-order valence-corrected chi connectivity index (χ3v) is 1.98. The molecule has 0 saturated carbocycles. The number of aromatic carboxylic acids is 1. The van der Waals surface area contributed by atoms with Crippen molar-refractivity contribution in [2.75, 3.05) is 7.11 Å². The van der Waals surface area contributed by atoms with Crippen LogP contribution >= 0.6 is 0 Å². The molecule has 0 saturated heterocycles. The Labute approximate surface area is 81.4 Å². The molecule has 0 unspecified atom stereocenters. The highest BCUT2D eigenvalue weighted by atomic mass is 16.5. The van der Waals surface area contributed by atoms with E-state index in [0.717, 1.165) is 0 Å². The van der Waals surface area contributed by atoms with Gasteiger partial charge in [-0.25, -0.2) is 4.79 Å². The van der Waals surface area contributed by atoms with Crippen molar-refractivity contribution >= 4 is 5.97 Å². The Bertz CT molecular complexity index is 418. The first kappa shape index (κ1) is 10.1. The van der Waals surface area contributed by atoms with Gasteiger partial charge in [0.25, 0.3) is 0 Å². The van der Waals surface area contributed by atoms with Crippen molar-refractivity contribution in [2.24, 2.45) is 0 Å². The third-order valence-electron chi connectivity index (χ3n) is 1.98. The Morgan fingerprint density at radius 3 is 2.64 bits per heavy atom. The van der Waals surface area contributed by atoms with E-state index in [0.29, 0.717) is 11.3 Å². The summed E-state index contributed by atoms with van der Waals surface area (Å²) in [5.74, 6) is -0.584. The van der Waals surface area contributed by atoms with Gasteiger partial charge in [0.05, 0.1) is 18.2 Å². The van der Waals surface area contributed by atoms with E-state index in [2.05, 4.69) is 0 Å². The predicted octanol–water partition coefficient (Wildman–Crippen LogP) is 1.57. The van der Waals surface area contributed by atoms with Crippen LogP contribution in [-0.4, -0.2) is 18.2 Å². The minimum Gasteiger partial charge on any atom is -0.496 e. The number of rotatable bonds is 2. The molecule has 1 N–H and O–H groups in total. The first-order valence-electron chi connectivity index (χ1n) is 3.92. The van der Waals surface area contributed by atoms with E-state index in [4.69, 9.17) is 15.1 Å². The van der Waals surface area contributed by atoms with Crippen LogP contribution in [0.25, 0.3) is 0 Å².